The van der Waals surface area contributed by atoms with E-state index in [4.69, 9.17) is 9.97 Å². The van der Waals surface area contributed by atoms with Gasteiger partial charge in [-0.3, -0.25) is 9.69 Å². The van der Waals surface area contributed by atoms with Gasteiger partial charge >= 0.3 is 0 Å². The normalized spacial score (nSPS) is 25.7. The number of carbonyl (C=O) groups excluding carboxylic acids is 1. The lowest BCUT2D eigenvalue weighted by Gasteiger charge is -2.30. The van der Waals surface area contributed by atoms with Crippen LogP contribution in [0.25, 0.3) is 44.5 Å². The molecule has 7 nitrogen and oxygen atoms in total. The monoisotopic (exact) mass is 672 g/mol. The highest BCUT2D eigenvalue weighted by Gasteiger charge is 2.54. The second-order valence-electron chi connectivity index (χ2n) is 16.3. The first-order chi connectivity index (χ1) is 24.1. The van der Waals surface area contributed by atoms with Gasteiger partial charge in [0.15, 0.2) is 0 Å². The minimum absolute atomic E-state index is 0.00785. The van der Waals surface area contributed by atoms with Crippen LogP contribution in [0.4, 0.5) is 8.78 Å². The first kappa shape index (κ1) is 30.5. The Bertz CT molecular complexity index is 2190. The summed E-state index contributed by atoms with van der Waals surface area (Å²) in [7, 11) is 2.20. The molecule has 1 unspecified atom stereocenters. The lowest BCUT2D eigenvalue weighted by Crippen LogP contribution is -2.32. The number of benzene rings is 3. The highest BCUT2D eigenvalue weighted by Crippen LogP contribution is 2.59. The van der Waals surface area contributed by atoms with Gasteiger partial charge < -0.3 is 14.9 Å². The summed E-state index contributed by atoms with van der Waals surface area (Å²) in [5.74, 6) is -0.314. The van der Waals surface area contributed by atoms with E-state index in [1.807, 2.05) is 47.4 Å². The van der Waals surface area contributed by atoms with Gasteiger partial charge in [-0.15, -0.1) is 0 Å². The predicted octanol–water partition coefficient (Wildman–Crippen LogP) is 9.00. The minimum atomic E-state index is -3.15. The molecule has 5 aromatic rings. The molecule has 10 rings (SSSR count). The summed E-state index contributed by atoms with van der Waals surface area (Å²) >= 11 is 0. The van der Waals surface area contributed by atoms with Gasteiger partial charge in [-0.1, -0.05) is 44.2 Å². The van der Waals surface area contributed by atoms with Crippen molar-refractivity contribution in [2.75, 3.05) is 13.6 Å². The molecule has 256 valence electrons. The summed E-state index contributed by atoms with van der Waals surface area (Å²) in [6.07, 6.45) is 9.17. The van der Waals surface area contributed by atoms with E-state index in [-0.39, 0.29) is 34.4 Å². The molecule has 4 atom stereocenters. The highest BCUT2D eigenvalue weighted by molar-refractivity contribution is 5.87. The zero-order valence-electron chi connectivity index (χ0n) is 28.8. The number of imidazole rings is 2. The Morgan fingerprint density at radius 3 is 2.38 bits per heavy atom. The molecule has 2 bridgehead atoms. The lowest BCUT2D eigenvalue weighted by atomic mass is 9.98. The molecule has 0 radical (unpaired) electrons. The van der Waals surface area contributed by atoms with Crippen molar-refractivity contribution in [2.24, 2.45) is 17.3 Å². The molecule has 2 N–H and O–H groups in total. The molecular weight excluding hydrogens is 630 g/mol. The molecule has 1 amide bonds. The van der Waals surface area contributed by atoms with Crippen molar-refractivity contribution >= 4 is 16.9 Å². The van der Waals surface area contributed by atoms with Crippen LogP contribution in [0.1, 0.15) is 93.7 Å². The van der Waals surface area contributed by atoms with Crippen molar-refractivity contribution in [1.82, 2.24) is 29.7 Å². The van der Waals surface area contributed by atoms with Gasteiger partial charge in [-0.25, -0.2) is 9.97 Å². The quantitative estimate of drug-likeness (QED) is 0.189. The number of fused-ring (bicyclic) bond motifs is 6. The maximum Gasteiger partial charge on any atom is 0.299 e. The van der Waals surface area contributed by atoms with Crippen molar-refractivity contribution in [3.05, 3.63) is 83.6 Å². The fraction of sp³-hybridized carbons (Fsp3) is 0.439. The molecule has 5 aliphatic rings. The largest absolute Gasteiger partial charge is 0.341 e. The van der Waals surface area contributed by atoms with Crippen molar-refractivity contribution < 1.29 is 13.6 Å². The number of H-pyrrole nitrogens is 2. The van der Waals surface area contributed by atoms with E-state index in [1.165, 1.54) is 19.3 Å². The van der Waals surface area contributed by atoms with Crippen LogP contribution in [0.3, 0.4) is 0 Å². The van der Waals surface area contributed by atoms with Crippen LogP contribution in [-0.2, 0) is 10.7 Å². The van der Waals surface area contributed by atoms with Crippen LogP contribution in [-0.4, -0.2) is 55.3 Å². The smallest absolute Gasteiger partial charge is 0.299 e. The number of rotatable bonds is 6. The molecule has 3 aliphatic carbocycles. The highest BCUT2D eigenvalue weighted by atomic mass is 19.3. The number of alkyl halides is 2. The Balaban J connectivity index is 0.930. The second kappa shape index (κ2) is 10.6. The summed E-state index contributed by atoms with van der Waals surface area (Å²) in [4.78, 5) is 34.3. The zero-order chi connectivity index (χ0) is 34.1. The number of aromatic nitrogens is 4. The van der Waals surface area contributed by atoms with E-state index in [0.717, 1.165) is 59.6 Å². The fourth-order valence-corrected chi connectivity index (χ4v) is 9.76. The SMILES string of the molecule is CC(C)CC(=O)N1CC2(CC2)C[C@H]1c1ncc(-c2ccc3c(c2)C(F)(F)c2cc(-c4ccc5nc(C6[C@H]7CC[C@H](C7)N6C)[nH]c5c4)ccc2-3)[nH]1. The number of nitrogens with one attached hydrogen (secondary N) is 2. The number of likely N-dealkylation sites (tertiary alicyclic amines) is 2. The number of hydrogen-bond acceptors (Lipinski definition) is 4. The molecule has 4 fully saturated rings. The number of aromatic amines is 2. The van der Waals surface area contributed by atoms with E-state index in [9.17, 15) is 4.79 Å². The average molecular weight is 673 g/mol. The van der Waals surface area contributed by atoms with Crippen LogP contribution < -0.4 is 0 Å². The standard InChI is InChI=1S/C41H42F2N6O/c1-22(2)14-36(50)49-21-40(12-13-40)19-35(49)38-44-20-34(47-38)25-6-10-29-28-9-5-23(16-30(28)41(42,43)31(29)17-25)24-7-11-32-33(18-24)46-39(45-32)37-26-4-8-27(15-26)48(37)3/h5-7,9-11,16-18,20,22,26-27,35,37H,4,8,12-15,19,21H2,1-3H3,(H,44,47)(H,45,46)/t26-,27+,35-,37?/m0/s1. The Morgan fingerprint density at radius 1 is 0.940 bits per heavy atom. The Morgan fingerprint density at radius 2 is 1.66 bits per heavy atom. The first-order valence-electron chi connectivity index (χ1n) is 18.3. The van der Waals surface area contributed by atoms with Gasteiger partial charge in [0.05, 0.1) is 35.0 Å². The summed E-state index contributed by atoms with van der Waals surface area (Å²) in [5, 5.41) is 0. The van der Waals surface area contributed by atoms with E-state index < -0.39 is 5.92 Å². The topological polar surface area (TPSA) is 80.9 Å². The molecule has 2 aromatic heterocycles. The third-order valence-electron chi connectivity index (χ3n) is 12.6. The van der Waals surface area contributed by atoms with Crippen molar-refractivity contribution in [3.63, 3.8) is 0 Å². The first-order valence-corrected chi connectivity index (χ1v) is 18.3. The predicted molar refractivity (Wildman–Crippen MR) is 189 cm³/mol. The molecular formula is C41H42F2N6O. The van der Waals surface area contributed by atoms with Crippen molar-refractivity contribution in [1.29, 1.82) is 0 Å². The molecule has 3 aromatic carbocycles. The number of halogens is 2. The zero-order valence-corrected chi connectivity index (χ0v) is 28.8. The van der Waals surface area contributed by atoms with Crippen molar-refractivity contribution in [2.45, 2.75) is 82.8 Å². The van der Waals surface area contributed by atoms with Crippen LogP contribution in [0.15, 0.2) is 60.8 Å². The Labute approximate surface area is 290 Å². The van der Waals surface area contributed by atoms with Gasteiger partial charge in [0.25, 0.3) is 5.92 Å². The number of hydrogen-bond donors (Lipinski definition) is 2. The number of carbonyl (C=O) groups is 1. The van der Waals surface area contributed by atoms with E-state index in [2.05, 4.69) is 35.8 Å². The van der Waals surface area contributed by atoms with Crippen LogP contribution in [0, 0.1) is 17.3 Å². The Kier molecular flexibility index (Phi) is 6.44. The summed E-state index contributed by atoms with van der Waals surface area (Å²) in [6.45, 7) is 4.91. The summed E-state index contributed by atoms with van der Waals surface area (Å²) in [6, 6.07) is 17.6. The third-order valence-corrected chi connectivity index (χ3v) is 12.6. The van der Waals surface area contributed by atoms with Crippen LogP contribution in [0.5, 0.6) is 0 Å². The molecule has 2 saturated heterocycles. The number of nitrogens with zero attached hydrogens (tertiary/aromatic N) is 4. The molecule has 4 heterocycles. The molecule has 2 aliphatic heterocycles. The summed E-state index contributed by atoms with van der Waals surface area (Å²) in [5.41, 5.74) is 6.20. The van der Waals surface area contributed by atoms with Gasteiger partial charge in [-0.2, -0.15) is 8.78 Å². The van der Waals surface area contributed by atoms with E-state index in [0.29, 0.717) is 46.8 Å². The maximum absolute atomic E-state index is 16.4. The second-order valence-corrected chi connectivity index (χ2v) is 16.3. The summed E-state index contributed by atoms with van der Waals surface area (Å²) < 4.78 is 32.7. The minimum Gasteiger partial charge on any atom is -0.341 e. The molecule has 50 heavy (non-hydrogen) atoms. The Hall–Kier alpha value is -4.37. The maximum atomic E-state index is 16.4. The van der Waals surface area contributed by atoms with E-state index >= 15 is 8.78 Å². The van der Waals surface area contributed by atoms with E-state index in [1.54, 1.807) is 18.3 Å². The lowest BCUT2D eigenvalue weighted by molar-refractivity contribution is -0.133. The van der Waals surface area contributed by atoms with Crippen LogP contribution >= 0.6 is 0 Å². The van der Waals surface area contributed by atoms with Gasteiger partial charge in [0.1, 0.15) is 11.6 Å². The van der Waals surface area contributed by atoms with Crippen molar-refractivity contribution in [3.8, 4) is 33.5 Å². The van der Waals surface area contributed by atoms with Gasteiger partial charge in [-0.05, 0) is 109 Å². The molecule has 9 heteroatoms. The van der Waals surface area contributed by atoms with Crippen LogP contribution in [0.2, 0.25) is 0 Å². The van der Waals surface area contributed by atoms with Gasteiger partial charge in [0.2, 0.25) is 5.91 Å². The fourth-order valence-electron chi connectivity index (χ4n) is 9.76. The number of piperidine rings is 1. The average Bonchev–Trinajstić information content (AvgIpc) is 3.72. The third kappa shape index (κ3) is 4.58. The molecule has 1 spiro atoms. The number of amides is 1. The van der Waals surface area contributed by atoms with Gasteiger partial charge in [0, 0.05) is 35.7 Å². The molecule has 2 saturated carbocycles.